The quantitative estimate of drug-likeness (QED) is 0.877. The summed E-state index contributed by atoms with van der Waals surface area (Å²) in [4.78, 5) is 13.8. The van der Waals surface area contributed by atoms with E-state index in [-0.39, 0.29) is 18.3 Å². The first kappa shape index (κ1) is 17.8. The van der Waals surface area contributed by atoms with E-state index in [0.29, 0.717) is 25.6 Å². The smallest absolute Gasteiger partial charge is 0.223 e. The summed E-state index contributed by atoms with van der Waals surface area (Å²) in [6.45, 7) is 4.22. The number of nitrogens with zero attached hydrogens (tertiary/aromatic N) is 1. The van der Waals surface area contributed by atoms with E-state index in [9.17, 15) is 4.79 Å². The lowest BCUT2D eigenvalue weighted by Gasteiger charge is -2.20. The molecule has 1 aromatic rings. The third-order valence-electron chi connectivity index (χ3n) is 3.79. The largest absolute Gasteiger partial charge is 0.491 e. The molecule has 1 aliphatic rings. The van der Waals surface area contributed by atoms with Crippen LogP contribution in [0.3, 0.4) is 0 Å². The standard InChI is InChI=1S/C16H24N2O2.ClH/c1-13-6-3-4-8-15(13)20-11-10-18(2)16(19)12-14-7-5-9-17-14;/h3-4,6,8,14,17H,5,7,9-12H2,1-2H3;1H. The first-order valence-corrected chi connectivity index (χ1v) is 7.32. The number of ether oxygens (including phenoxy) is 1. The number of carbonyl (C=O) groups excluding carboxylic acids is 1. The van der Waals surface area contributed by atoms with Crippen LogP contribution >= 0.6 is 12.4 Å². The van der Waals surface area contributed by atoms with Crippen LogP contribution < -0.4 is 10.1 Å². The van der Waals surface area contributed by atoms with Crippen LogP contribution in [0.25, 0.3) is 0 Å². The van der Waals surface area contributed by atoms with Gasteiger partial charge >= 0.3 is 0 Å². The summed E-state index contributed by atoms with van der Waals surface area (Å²) < 4.78 is 5.72. The summed E-state index contributed by atoms with van der Waals surface area (Å²) >= 11 is 0. The molecule has 0 bridgehead atoms. The van der Waals surface area contributed by atoms with Crippen molar-refractivity contribution in [1.82, 2.24) is 10.2 Å². The number of halogens is 1. The Balaban J connectivity index is 0.00000220. The molecule has 0 aromatic heterocycles. The molecular formula is C16H25ClN2O2. The zero-order valence-corrected chi connectivity index (χ0v) is 13.6. The Labute approximate surface area is 133 Å². The van der Waals surface area contributed by atoms with Gasteiger partial charge in [-0.1, -0.05) is 18.2 Å². The van der Waals surface area contributed by atoms with Gasteiger partial charge in [0.25, 0.3) is 0 Å². The molecule has 21 heavy (non-hydrogen) atoms. The normalized spacial score (nSPS) is 17.1. The van der Waals surface area contributed by atoms with Crippen molar-refractivity contribution in [3.63, 3.8) is 0 Å². The van der Waals surface area contributed by atoms with Crippen LogP contribution in [0.4, 0.5) is 0 Å². The van der Waals surface area contributed by atoms with E-state index in [1.165, 1.54) is 6.42 Å². The van der Waals surface area contributed by atoms with Crippen molar-refractivity contribution in [2.75, 3.05) is 26.7 Å². The summed E-state index contributed by atoms with van der Waals surface area (Å²) in [5.74, 6) is 1.09. The van der Waals surface area contributed by atoms with E-state index in [1.807, 2.05) is 38.2 Å². The van der Waals surface area contributed by atoms with Gasteiger partial charge in [0.2, 0.25) is 5.91 Å². The predicted molar refractivity (Wildman–Crippen MR) is 87.2 cm³/mol. The number of para-hydroxylation sites is 1. The minimum absolute atomic E-state index is 0. The lowest BCUT2D eigenvalue weighted by Crippen LogP contribution is -2.35. The Morgan fingerprint density at radius 1 is 1.43 bits per heavy atom. The SMILES string of the molecule is Cc1ccccc1OCCN(C)C(=O)CC1CCCN1.Cl. The number of benzene rings is 1. The molecule has 0 radical (unpaired) electrons. The Morgan fingerprint density at radius 2 is 2.19 bits per heavy atom. The molecule has 0 aliphatic carbocycles. The topological polar surface area (TPSA) is 41.6 Å². The van der Waals surface area contributed by atoms with Gasteiger partial charge in [-0.15, -0.1) is 12.4 Å². The molecule has 1 amide bonds. The van der Waals surface area contributed by atoms with Crippen molar-refractivity contribution < 1.29 is 9.53 Å². The number of aryl methyl sites for hydroxylation is 1. The van der Waals surface area contributed by atoms with Crippen molar-refractivity contribution in [1.29, 1.82) is 0 Å². The highest BCUT2D eigenvalue weighted by Crippen LogP contribution is 2.16. The molecule has 1 saturated heterocycles. The average molecular weight is 313 g/mol. The van der Waals surface area contributed by atoms with Gasteiger partial charge in [-0.05, 0) is 37.9 Å². The number of carbonyl (C=O) groups is 1. The van der Waals surface area contributed by atoms with Gasteiger partial charge in [0, 0.05) is 19.5 Å². The Bertz CT molecular complexity index is 448. The van der Waals surface area contributed by atoms with E-state index in [2.05, 4.69) is 5.32 Å². The molecular weight excluding hydrogens is 288 g/mol. The zero-order valence-electron chi connectivity index (χ0n) is 12.8. The van der Waals surface area contributed by atoms with Crippen LogP contribution in [0.2, 0.25) is 0 Å². The van der Waals surface area contributed by atoms with Gasteiger partial charge in [0.15, 0.2) is 0 Å². The lowest BCUT2D eigenvalue weighted by molar-refractivity contribution is -0.130. The molecule has 1 atom stereocenters. The minimum Gasteiger partial charge on any atom is -0.491 e. The zero-order chi connectivity index (χ0) is 14.4. The van der Waals surface area contributed by atoms with Gasteiger partial charge in [-0.25, -0.2) is 0 Å². The monoisotopic (exact) mass is 312 g/mol. The average Bonchev–Trinajstić information content (AvgIpc) is 2.93. The van der Waals surface area contributed by atoms with E-state index in [1.54, 1.807) is 4.90 Å². The Kier molecular flexibility index (Phi) is 7.54. The van der Waals surface area contributed by atoms with Crippen LogP contribution in [0.5, 0.6) is 5.75 Å². The number of hydrogen-bond donors (Lipinski definition) is 1. The highest BCUT2D eigenvalue weighted by Gasteiger charge is 2.19. The molecule has 5 heteroatoms. The fourth-order valence-corrected chi connectivity index (χ4v) is 2.43. The summed E-state index contributed by atoms with van der Waals surface area (Å²) in [6, 6.07) is 8.30. The molecule has 0 saturated carbocycles. The summed E-state index contributed by atoms with van der Waals surface area (Å²) in [5, 5.41) is 3.35. The molecule has 1 heterocycles. The number of amides is 1. The van der Waals surface area contributed by atoms with Crippen LogP contribution in [-0.2, 0) is 4.79 Å². The van der Waals surface area contributed by atoms with Gasteiger partial charge in [0.05, 0.1) is 6.54 Å². The highest BCUT2D eigenvalue weighted by atomic mass is 35.5. The van der Waals surface area contributed by atoms with Crippen molar-refractivity contribution in [3.05, 3.63) is 29.8 Å². The maximum atomic E-state index is 12.0. The Hall–Kier alpha value is -1.26. The summed E-state index contributed by atoms with van der Waals surface area (Å²) in [6.07, 6.45) is 2.89. The van der Waals surface area contributed by atoms with Crippen molar-refractivity contribution >= 4 is 18.3 Å². The maximum Gasteiger partial charge on any atom is 0.223 e. The second-order valence-electron chi connectivity index (χ2n) is 5.43. The van der Waals surface area contributed by atoms with Crippen molar-refractivity contribution in [2.24, 2.45) is 0 Å². The van der Waals surface area contributed by atoms with Crippen LogP contribution in [-0.4, -0.2) is 43.6 Å². The molecule has 2 rings (SSSR count). The molecule has 1 aromatic carbocycles. The number of rotatable bonds is 6. The van der Waals surface area contributed by atoms with Gasteiger partial charge < -0.3 is 15.0 Å². The molecule has 1 unspecified atom stereocenters. The van der Waals surface area contributed by atoms with Crippen LogP contribution in [0.15, 0.2) is 24.3 Å². The second kappa shape index (κ2) is 8.90. The molecule has 4 nitrogen and oxygen atoms in total. The number of nitrogens with one attached hydrogen (secondary N) is 1. The summed E-state index contributed by atoms with van der Waals surface area (Å²) in [7, 11) is 1.85. The van der Waals surface area contributed by atoms with Gasteiger partial charge in [-0.2, -0.15) is 0 Å². The molecule has 118 valence electrons. The molecule has 1 N–H and O–H groups in total. The van der Waals surface area contributed by atoms with E-state index in [0.717, 1.165) is 24.3 Å². The third-order valence-corrected chi connectivity index (χ3v) is 3.79. The number of likely N-dealkylation sites (N-methyl/N-ethyl adjacent to an activating group) is 1. The molecule has 1 fully saturated rings. The fourth-order valence-electron chi connectivity index (χ4n) is 2.43. The highest BCUT2D eigenvalue weighted by molar-refractivity contribution is 5.85. The third kappa shape index (κ3) is 5.56. The van der Waals surface area contributed by atoms with Crippen LogP contribution in [0.1, 0.15) is 24.8 Å². The lowest BCUT2D eigenvalue weighted by atomic mass is 10.1. The first-order valence-electron chi connectivity index (χ1n) is 7.32. The van der Waals surface area contributed by atoms with Gasteiger partial charge in [0.1, 0.15) is 12.4 Å². The van der Waals surface area contributed by atoms with Gasteiger partial charge in [-0.3, -0.25) is 4.79 Å². The minimum atomic E-state index is 0. The second-order valence-corrected chi connectivity index (χ2v) is 5.43. The van der Waals surface area contributed by atoms with Crippen molar-refractivity contribution in [2.45, 2.75) is 32.2 Å². The number of hydrogen-bond acceptors (Lipinski definition) is 3. The Morgan fingerprint density at radius 3 is 2.86 bits per heavy atom. The fraction of sp³-hybridized carbons (Fsp3) is 0.562. The molecule has 0 spiro atoms. The summed E-state index contributed by atoms with van der Waals surface area (Å²) in [5.41, 5.74) is 1.12. The van der Waals surface area contributed by atoms with Crippen LogP contribution in [0, 0.1) is 6.92 Å². The van der Waals surface area contributed by atoms with E-state index < -0.39 is 0 Å². The van der Waals surface area contributed by atoms with E-state index >= 15 is 0 Å². The maximum absolute atomic E-state index is 12.0. The van der Waals surface area contributed by atoms with Crippen molar-refractivity contribution in [3.8, 4) is 5.75 Å². The van der Waals surface area contributed by atoms with E-state index in [4.69, 9.17) is 4.74 Å². The predicted octanol–water partition coefficient (Wildman–Crippen LogP) is 2.40. The first-order chi connectivity index (χ1) is 9.66. The molecule has 1 aliphatic heterocycles.